The van der Waals surface area contributed by atoms with Gasteiger partial charge in [-0.1, -0.05) is 32.9 Å². The summed E-state index contributed by atoms with van der Waals surface area (Å²) in [6, 6.07) is 7.43. The van der Waals surface area contributed by atoms with Gasteiger partial charge in [-0.05, 0) is 49.1 Å². The van der Waals surface area contributed by atoms with Crippen LogP contribution in [0.5, 0.6) is 5.75 Å². The van der Waals surface area contributed by atoms with Gasteiger partial charge >= 0.3 is 11.9 Å². The number of hydrogen-bond donors (Lipinski definition) is 1. The van der Waals surface area contributed by atoms with Crippen LogP contribution in [0.25, 0.3) is 0 Å². The molecule has 3 rings (SSSR count). The van der Waals surface area contributed by atoms with Crippen molar-refractivity contribution < 1.29 is 28.6 Å². The third-order valence-corrected chi connectivity index (χ3v) is 7.18. The van der Waals surface area contributed by atoms with Gasteiger partial charge in [0.25, 0.3) is 0 Å². The topological polar surface area (TPSA) is 90.9 Å². The number of benzene rings is 1. The fourth-order valence-corrected chi connectivity index (χ4v) is 5.17. The van der Waals surface area contributed by atoms with Crippen molar-refractivity contribution in [2.24, 2.45) is 11.8 Å². The van der Waals surface area contributed by atoms with Gasteiger partial charge in [0.05, 0.1) is 19.3 Å². The van der Waals surface area contributed by atoms with Crippen LogP contribution in [0, 0.1) is 11.8 Å². The number of rotatable bonds is 10. The average molecular weight is 502 g/mol. The summed E-state index contributed by atoms with van der Waals surface area (Å²) >= 11 is 1.69. The van der Waals surface area contributed by atoms with Crippen LogP contribution in [0.2, 0.25) is 0 Å². The lowest BCUT2D eigenvalue weighted by atomic mass is 9.69. The molecular weight excluding hydrogens is 466 g/mol. The maximum atomic E-state index is 13.7. The maximum Gasteiger partial charge on any atom is 0.336 e. The molecule has 0 saturated carbocycles. The number of dihydropyridines is 1. The van der Waals surface area contributed by atoms with Crippen molar-refractivity contribution in [3.63, 3.8) is 0 Å². The predicted octanol–water partition coefficient (Wildman–Crippen LogP) is 4.38. The Morgan fingerprint density at radius 1 is 1.14 bits per heavy atom. The van der Waals surface area contributed by atoms with E-state index in [9.17, 15) is 14.4 Å². The molecule has 1 aliphatic carbocycles. The van der Waals surface area contributed by atoms with Crippen LogP contribution in [-0.4, -0.2) is 49.6 Å². The summed E-state index contributed by atoms with van der Waals surface area (Å²) in [5.74, 6) is -0.752. The van der Waals surface area contributed by atoms with Crippen molar-refractivity contribution >= 4 is 29.5 Å². The summed E-state index contributed by atoms with van der Waals surface area (Å²) in [6.45, 7) is 8.67. The number of nitrogens with one attached hydrogen (secondary N) is 1. The molecule has 1 aromatic carbocycles. The number of Topliss-reactive ketones (excluding diaryl/α,β-unsaturated/α-hetero) is 1. The highest BCUT2D eigenvalue weighted by Crippen LogP contribution is 2.45. The molecule has 190 valence electrons. The van der Waals surface area contributed by atoms with Crippen molar-refractivity contribution in [1.29, 1.82) is 0 Å². The maximum absolute atomic E-state index is 13.7. The molecular formula is C27H35NO6S. The van der Waals surface area contributed by atoms with Crippen molar-refractivity contribution in [3.8, 4) is 5.75 Å². The number of methoxy groups -OCH3 is 1. The SMILES string of the molecule is CCCOc1ccc([C@H]2C(C(=O)OCCSCC)=C(C)NC3=C2C(=O)[C@@H](C(=O)OC)[C@@H](C)C3)cc1. The van der Waals surface area contributed by atoms with Crippen molar-refractivity contribution in [1.82, 2.24) is 5.32 Å². The summed E-state index contributed by atoms with van der Waals surface area (Å²) in [4.78, 5) is 39.6. The Morgan fingerprint density at radius 3 is 2.49 bits per heavy atom. The van der Waals surface area contributed by atoms with E-state index in [4.69, 9.17) is 14.2 Å². The number of ether oxygens (including phenoxy) is 3. The van der Waals surface area contributed by atoms with Gasteiger partial charge in [-0.25, -0.2) is 4.79 Å². The van der Waals surface area contributed by atoms with E-state index in [1.807, 2.05) is 45.0 Å². The predicted molar refractivity (Wildman–Crippen MR) is 136 cm³/mol. The Bertz CT molecular complexity index is 1010. The number of thioether (sulfide) groups is 1. The number of carbonyl (C=O) groups excluding carboxylic acids is 3. The first kappa shape index (κ1) is 26.9. The highest BCUT2D eigenvalue weighted by molar-refractivity contribution is 7.99. The molecule has 0 amide bonds. The van der Waals surface area contributed by atoms with Gasteiger partial charge in [0, 0.05) is 28.6 Å². The Hall–Kier alpha value is -2.74. The van der Waals surface area contributed by atoms with Crippen molar-refractivity contribution in [3.05, 3.63) is 52.4 Å². The largest absolute Gasteiger partial charge is 0.494 e. The minimum Gasteiger partial charge on any atom is -0.494 e. The van der Waals surface area contributed by atoms with E-state index in [0.717, 1.165) is 29.2 Å². The van der Waals surface area contributed by atoms with E-state index in [-0.39, 0.29) is 18.3 Å². The van der Waals surface area contributed by atoms with Crippen LogP contribution in [0.3, 0.4) is 0 Å². The normalized spacial score (nSPS) is 21.9. The van der Waals surface area contributed by atoms with Gasteiger partial charge in [-0.2, -0.15) is 11.8 Å². The molecule has 0 fully saturated rings. The van der Waals surface area contributed by atoms with E-state index in [1.165, 1.54) is 7.11 Å². The molecule has 0 saturated heterocycles. The van der Waals surface area contributed by atoms with Crippen LogP contribution < -0.4 is 10.1 Å². The lowest BCUT2D eigenvalue weighted by Crippen LogP contribution is -2.43. The Morgan fingerprint density at radius 2 is 1.86 bits per heavy atom. The molecule has 1 aromatic rings. The molecule has 1 aliphatic heterocycles. The van der Waals surface area contributed by atoms with E-state index in [2.05, 4.69) is 12.2 Å². The monoisotopic (exact) mass is 501 g/mol. The van der Waals surface area contributed by atoms with Gasteiger partial charge in [-0.3, -0.25) is 9.59 Å². The number of hydrogen-bond acceptors (Lipinski definition) is 8. The molecule has 7 nitrogen and oxygen atoms in total. The van der Waals surface area contributed by atoms with Crippen LogP contribution in [0.4, 0.5) is 0 Å². The van der Waals surface area contributed by atoms with Crippen molar-refractivity contribution in [2.45, 2.75) is 46.5 Å². The van der Waals surface area contributed by atoms with Gasteiger partial charge in [0.1, 0.15) is 18.3 Å². The standard InChI is InChI=1S/C27H35NO6S/c1-6-12-33-19-10-8-18(9-11-19)23-22(27(31)34-13-14-35-7-2)17(4)28-20-15-16(3)21(26(30)32-5)25(29)24(20)23/h8-11,16,21,23,28H,6-7,12-15H2,1-5H3/t16-,21-,23-/m0/s1. The highest BCUT2D eigenvalue weighted by atomic mass is 32.2. The Kier molecular flexibility index (Phi) is 9.43. The summed E-state index contributed by atoms with van der Waals surface area (Å²) in [7, 11) is 1.29. The summed E-state index contributed by atoms with van der Waals surface area (Å²) in [6.07, 6.45) is 1.39. The molecule has 0 aromatic heterocycles. The second kappa shape index (κ2) is 12.3. The summed E-state index contributed by atoms with van der Waals surface area (Å²) < 4.78 is 16.3. The minimum atomic E-state index is -0.910. The minimum absolute atomic E-state index is 0.223. The molecule has 0 bridgehead atoms. The average Bonchev–Trinajstić information content (AvgIpc) is 2.84. The third kappa shape index (κ3) is 5.92. The fourth-order valence-electron chi connectivity index (χ4n) is 4.68. The molecule has 0 unspecified atom stereocenters. The molecule has 0 radical (unpaired) electrons. The summed E-state index contributed by atoms with van der Waals surface area (Å²) in [5.41, 5.74) is 2.99. The number of ketones is 1. The smallest absolute Gasteiger partial charge is 0.336 e. The molecule has 8 heteroatoms. The Labute approximate surface area is 211 Å². The first-order valence-corrected chi connectivity index (χ1v) is 13.3. The fraction of sp³-hybridized carbons (Fsp3) is 0.519. The zero-order chi connectivity index (χ0) is 25.5. The molecule has 35 heavy (non-hydrogen) atoms. The number of carbonyl (C=O) groups is 3. The van der Waals surface area contributed by atoms with E-state index >= 15 is 0 Å². The summed E-state index contributed by atoms with van der Waals surface area (Å²) in [5, 5.41) is 3.28. The molecule has 3 atom stereocenters. The quantitative estimate of drug-likeness (QED) is 0.287. The van der Waals surface area contributed by atoms with Crippen LogP contribution in [0.1, 0.15) is 52.0 Å². The molecule has 1 heterocycles. The second-order valence-electron chi connectivity index (χ2n) is 8.79. The number of esters is 2. The number of allylic oxidation sites excluding steroid dienone is 3. The highest BCUT2D eigenvalue weighted by Gasteiger charge is 2.47. The lowest BCUT2D eigenvalue weighted by molar-refractivity contribution is -0.151. The molecule has 2 aliphatic rings. The third-order valence-electron chi connectivity index (χ3n) is 6.31. The zero-order valence-corrected chi connectivity index (χ0v) is 22.0. The lowest BCUT2D eigenvalue weighted by Gasteiger charge is -2.38. The molecule has 0 spiro atoms. The zero-order valence-electron chi connectivity index (χ0n) is 21.1. The van der Waals surface area contributed by atoms with Gasteiger partial charge in [-0.15, -0.1) is 0 Å². The first-order valence-electron chi connectivity index (χ1n) is 12.1. The van der Waals surface area contributed by atoms with E-state index in [0.29, 0.717) is 35.6 Å². The van der Waals surface area contributed by atoms with Gasteiger partial charge in [0.15, 0.2) is 5.78 Å². The first-order chi connectivity index (χ1) is 16.8. The second-order valence-corrected chi connectivity index (χ2v) is 10.2. The van der Waals surface area contributed by atoms with E-state index < -0.39 is 23.8 Å². The van der Waals surface area contributed by atoms with Gasteiger partial charge < -0.3 is 19.5 Å². The van der Waals surface area contributed by atoms with Crippen LogP contribution in [0.15, 0.2) is 46.8 Å². The van der Waals surface area contributed by atoms with Crippen LogP contribution >= 0.6 is 11.8 Å². The molecule has 1 N–H and O–H groups in total. The Balaban J connectivity index is 2.04. The van der Waals surface area contributed by atoms with Crippen molar-refractivity contribution in [2.75, 3.05) is 31.8 Å². The van der Waals surface area contributed by atoms with E-state index in [1.54, 1.807) is 11.8 Å². The van der Waals surface area contributed by atoms with Gasteiger partial charge in [0.2, 0.25) is 0 Å². The van der Waals surface area contributed by atoms with Crippen LogP contribution in [-0.2, 0) is 23.9 Å².